The molecule has 1 aliphatic rings. The first-order valence-electron chi connectivity index (χ1n) is 12.5. The third kappa shape index (κ3) is 6.73. The smallest absolute Gasteiger partial charge is 0.303 e. The second kappa shape index (κ2) is 12.3. The number of methoxy groups -OCH3 is 1. The fourth-order valence-corrected chi connectivity index (χ4v) is 5.83. The summed E-state index contributed by atoms with van der Waals surface area (Å²) in [5.74, 6) is 0.0488. The maximum absolute atomic E-state index is 14.0. The zero-order valence-electron chi connectivity index (χ0n) is 21.8. The number of hydrogen-bond acceptors (Lipinski definition) is 6. The largest absolute Gasteiger partial charge is 0.497 e. The SMILES string of the molecule is COc1ccc([C@H]2Sc3ccccc3N(CCN(C)CCc3cccc(C)c3)C(=O)[C@H]2OC(C)=O)cc1. The lowest BCUT2D eigenvalue weighted by atomic mass is 10.1. The molecular weight excluding hydrogens is 484 g/mol. The highest BCUT2D eigenvalue weighted by molar-refractivity contribution is 7.99. The predicted octanol–water partition coefficient (Wildman–Crippen LogP) is 5.29. The summed E-state index contributed by atoms with van der Waals surface area (Å²) in [7, 11) is 3.69. The van der Waals surface area contributed by atoms with Crippen molar-refractivity contribution in [1.82, 2.24) is 4.90 Å². The van der Waals surface area contributed by atoms with Gasteiger partial charge in [0, 0.05) is 31.5 Å². The molecule has 1 heterocycles. The number of aryl methyl sites for hydroxylation is 1. The summed E-state index contributed by atoms with van der Waals surface area (Å²) in [6.45, 7) is 5.52. The molecule has 0 saturated carbocycles. The minimum atomic E-state index is -0.944. The molecule has 194 valence electrons. The third-order valence-corrected chi connectivity index (χ3v) is 7.87. The third-order valence-electron chi connectivity index (χ3n) is 6.50. The van der Waals surface area contributed by atoms with E-state index < -0.39 is 12.1 Å². The number of fused-ring (bicyclic) bond motifs is 1. The molecule has 0 aromatic heterocycles. The van der Waals surface area contributed by atoms with E-state index in [4.69, 9.17) is 9.47 Å². The van der Waals surface area contributed by atoms with E-state index in [1.165, 1.54) is 18.1 Å². The van der Waals surface area contributed by atoms with Crippen LogP contribution < -0.4 is 9.64 Å². The summed E-state index contributed by atoms with van der Waals surface area (Å²) in [4.78, 5) is 31.1. The highest BCUT2D eigenvalue weighted by Crippen LogP contribution is 2.46. The van der Waals surface area contributed by atoms with Crippen molar-refractivity contribution in [2.24, 2.45) is 0 Å². The Morgan fingerprint density at radius 3 is 2.49 bits per heavy atom. The maximum atomic E-state index is 14.0. The lowest BCUT2D eigenvalue weighted by Gasteiger charge is -2.29. The molecule has 0 N–H and O–H groups in total. The zero-order valence-corrected chi connectivity index (χ0v) is 22.7. The van der Waals surface area contributed by atoms with E-state index in [1.54, 1.807) is 23.8 Å². The molecule has 6 nitrogen and oxygen atoms in total. The fourth-order valence-electron chi connectivity index (χ4n) is 4.51. The lowest BCUT2D eigenvalue weighted by molar-refractivity contribution is -0.152. The van der Waals surface area contributed by atoms with Crippen molar-refractivity contribution in [1.29, 1.82) is 0 Å². The van der Waals surface area contributed by atoms with Gasteiger partial charge in [0.05, 0.1) is 18.0 Å². The number of nitrogens with zero attached hydrogens (tertiary/aromatic N) is 2. The van der Waals surface area contributed by atoms with Crippen molar-refractivity contribution in [3.05, 3.63) is 89.5 Å². The van der Waals surface area contributed by atoms with E-state index in [0.717, 1.165) is 34.9 Å². The summed E-state index contributed by atoms with van der Waals surface area (Å²) >= 11 is 1.55. The molecule has 1 amide bonds. The number of amides is 1. The standard InChI is InChI=1S/C30H34N2O4S/c1-21-8-7-9-23(20-21)16-17-31(3)18-19-32-26-10-5-6-11-27(26)37-29(28(30(32)34)36-22(2)33)24-12-14-25(35-4)15-13-24/h5-15,20,28-29H,16-19H2,1-4H3/t28-,29+/m0/s1. The van der Waals surface area contributed by atoms with E-state index in [0.29, 0.717) is 13.1 Å². The number of ether oxygens (including phenoxy) is 2. The van der Waals surface area contributed by atoms with Crippen LogP contribution in [-0.2, 0) is 20.7 Å². The number of carbonyl (C=O) groups is 2. The molecule has 0 aliphatic carbocycles. The van der Waals surface area contributed by atoms with Crippen LogP contribution in [0.1, 0.15) is 28.9 Å². The molecular formula is C30H34N2O4S. The van der Waals surface area contributed by atoms with Gasteiger partial charge in [-0.05, 0) is 55.8 Å². The molecule has 0 unspecified atom stereocenters. The number of benzene rings is 3. The van der Waals surface area contributed by atoms with Crippen LogP contribution in [0.3, 0.4) is 0 Å². The average Bonchev–Trinajstić information content (AvgIpc) is 3.00. The van der Waals surface area contributed by atoms with Crippen LogP contribution in [0.2, 0.25) is 0 Å². The minimum Gasteiger partial charge on any atom is -0.497 e. The predicted molar refractivity (Wildman–Crippen MR) is 148 cm³/mol. The first-order chi connectivity index (χ1) is 17.9. The van der Waals surface area contributed by atoms with Crippen LogP contribution in [0.5, 0.6) is 5.75 Å². The van der Waals surface area contributed by atoms with Gasteiger partial charge in [-0.1, -0.05) is 54.1 Å². The molecule has 37 heavy (non-hydrogen) atoms. The van der Waals surface area contributed by atoms with Crippen LogP contribution in [0, 0.1) is 6.92 Å². The van der Waals surface area contributed by atoms with Crippen LogP contribution in [-0.4, -0.2) is 56.7 Å². The molecule has 1 aliphatic heterocycles. The monoisotopic (exact) mass is 518 g/mol. The van der Waals surface area contributed by atoms with E-state index in [-0.39, 0.29) is 11.2 Å². The second-order valence-corrected chi connectivity index (χ2v) is 10.5. The maximum Gasteiger partial charge on any atom is 0.303 e. The molecule has 0 radical (unpaired) electrons. The first kappa shape index (κ1) is 26.8. The molecule has 0 fully saturated rings. The zero-order chi connectivity index (χ0) is 26.4. The number of rotatable bonds is 9. The van der Waals surface area contributed by atoms with Gasteiger partial charge in [0.2, 0.25) is 0 Å². The number of thioether (sulfide) groups is 1. The van der Waals surface area contributed by atoms with E-state index in [1.807, 2.05) is 48.5 Å². The van der Waals surface area contributed by atoms with Gasteiger partial charge in [-0.3, -0.25) is 9.59 Å². The van der Waals surface area contributed by atoms with Crippen molar-refractivity contribution in [2.75, 3.05) is 38.7 Å². The Morgan fingerprint density at radius 1 is 1.03 bits per heavy atom. The van der Waals surface area contributed by atoms with Gasteiger partial charge >= 0.3 is 5.97 Å². The fraction of sp³-hybridized carbons (Fsp3) is 0.333. The van der Waals surface area contributed by atoms with Crippen LogP contribution in [0.4, 0.5) is 5.69 Å². The van der Waals surface area contributed by atoms with Gasteiger partial charge < -0.3 is 19.3 Å². The Labute approximate surface area is 223 Å². The van der Waals surface area contributed by atoms with E-state index >= 15 is 0 Å². The summed E-state index contributed by atoms with van der Waals surface area (Å²) in [6, 6.07) is 24.0. The lowest BCUT2D eigenvalue weighted by Crippen LogP contribution is -2.45. The summed E-state index contributed by atoms with van der Waals surface area (Å²) in [6.07, 6.45) is -0.00494. The topological polar surface area (TPSA) is 59.1 Å². The quantitative estimate of drug-likeness (QED) is 0.359. The van der Waals surface area contributed by atoms with Gasteiger partial charge in [-0.2, -0.15) is 0 Å². The Morgan fingerprint density at radius 2 is 1.78 bits per heavy atom. The molecule has 3 aromatic rings. The van der Waals surface area contributed by atoms with Gasteiger partial charge in [0.25, 0.3) is 5.91 Å². The first-order valence-corrected chi connectivity index (χ1v) is 13.4. The van der Waals surface area contributed by atoms with Gasteiger partial charge in [0.1, 0.15) is 5.75 Å². The molecule has 0 bridgehead atoms. The average molecular weight is 519 g/mol. The molecule has 0 saturated heterocycles. The minimum absolute atomic E-state index is 0.208. The number of carbonyl (C=O) groups excluding carboxylic acids is 2. The Balaban J connectivity index is 1.56. The van der Waals surface area contributed by atoms with Gasteiger partial charge in [-0.25, -0.2) is 0 Å². The number of para-hydroxylation sites is 1. The summed E-state index contributed by atoms with van der Waals surface area (Å²) in [5.41, 5.74) is 4.30. The van der Waals surface area contributed by atoms with Crippen LogP contribution >= 0.6 is 11.8 Å². The second-order valence-electron chi connectivity index (χ2n) is 9.34. The van der Waals surface area contributed by atoms with Gasteiger partial charge in [0.15, 0.2) is 6.10 Å². The van der Waals surface area contributed by atoms with Crippen molar-refractivity contribution in [3.8, 4) is 5.75 Å². The Kier molecular flexibility index (Phi) is 8.90. The molecule has 2 atom stereocenters. The Bertz CT molecular complexity index is 1230. The molecule has 3 aromatic carbocycles. The van der Waals surface area contributed by atoms with E-state index in [2.05, 4.69) is 43.1 Å². The van der Waals surface area contributed by atoms with Crippen LogP contribution in [0.25, 0.3) is 0 Å². The van der Waals surface area contributed by atoms with Crippen molar-refractivity contribution in [2.45, 2.75) is 36.5 Å². The van der Waals surface area contributed by atoms with Crippen molar-refractivity contribution in [3.63, 3.8) is 0 Å². The number of hydrogen-bond donors (Lipinski definition) is 0. The summed E-state index contributed by atoms with van der Waals surface area (Å²) in [5, 5.41) is -0.382. The summed E-state index contributed by atoms with van der Waals surface area (Å²) < 4.78 is 11.0. The highest BCUT2D eigenvalue weighted by Gasteiger charge is 2.40. The van der Waals surface area contributed by atoms with E-state index in [9.17, 15) is 9.59 Å². The van der Waals surface area contributed by atoms with Crippen LogP contribution in [0.15, 0.2) is 77.7 Å². The van der Waals surface area contributed by atoms with Gasteiger partial charge in [-0.15, -0.1) is 11.8 Å². The molecule has 0 spiro atoms. The Hall–Kier alpha value is -3.29. The molecule has 7 heteroatoms. The number of likely N-dealkylation sites (N-methyl/N-ethyl adjacent to an activating group) is 1. The van der Waals surface area contributed by atoms with Crippen molar-refractivity contribution < 1.29 is 19.1 Å². The molecule has 4 rings (SSSR count). The highest BCUT2D eigenvalue weighted by atomic mass is 32.2. The number of anilines is 1. The van der Waals surface area contributed by atoms with Crippen molar-refractivity contribution >= 4 is 29.3 Å². The normalized spacial score (nSPS) is 17.3. The number of esters is 1.